The summed E-state index contributed by atoms with van der Waals surface area (Å²) in [6, 6.07) is 16.2. The van der Waals surface area contributed by atoms with Crippen LogP contribution in [0.5, 0.6) is 0 Å². The number of benzene rings is 2. The highest BCUT2D eigenvalue weighted by atomic mass is 32.2. The zero-order chi connectivity index (χ0) is 18.7. The third kappa shape index (κ3) is 3.86. The second-order valence-electron chi connectivity index (χ2n) is 5.60. The second-order valence-corrected chi connectivity index (χ2v) is 7.61. The largest absolute Gasteiger partial charge is 0.288 e. The van der Waals surface area contributed by atoms with Crippen LogP contribution in [0.15, 0.2) is 65.6 Å². The Balaban J connectivity index is 1.71. The molecule has 8 heteroatoms. The molecular weight excluding hydrogens is 354 g/mol. The number of pyridine rings is 1. The lowest BCUT2D eigenvalue weighted by Gasteiger charge is -2.08. The Morgan fingerprint density at radius 3 is 2.38 bits per heavy atom. The predicted molar refractivity (Wildman–Crippen MR) is 96.2 cm³/mol. The van der Waals surface area contributed by atoms with Crippen molar-refractivity contribution in [1.82, 2.24) is 15.8 Å². The molecule has 0 saturated heterocycles. The first-order chi connectivity index (χ1) is 12.3. The van der Waals surface area contributed by atoms with E-state index in [0.29, 0.717) is 5.52 Å². The first kappa shape index (κ1) is 17.6. The van der Waals surface area contributed by atoms with Gasteiger partial charge in [-0.3, -0.25) is 20.4 Å². The third-order valence-electron chi connectivity index (χ3n) is 3.64. The molecule has 3 aromatic rings. The molecule has 0 aliphatic rings. The number of nitrogens with one attached hydrogen (secondary N) is 2. The molecule has 132 valence electrons. The van der Waals surface area contributed by atoms with Crippen LogP contribution in [0.25, 0.3) is 10.9 Å². The average Bonchev–Trinajstić information content (AvgIpc) is 2.64. The Labute approximate surface area is 150 Å². The summed E-state index contributed by atoms with van der Waals surface area (Å²) in [5.74, 6) is -1.21. The topological polar surface area (TPSA) is 105 Å². The van der Waals surface area contributed by atoms with Crippen molar-refractivity contribution in [2.24, 2.45) is 0 Å². The number of hydrogen-bond acceptors (Lipinski definition) is 5. The van der Waals surface area contributed by atoms with Gasteiger partial charge in [-0.25, -0.2) is 13.4 Å². The normalized spacial score (nSPS) is 11.1. The number of rotatable bonds is 3. The van der Waals surface area contributed by atoms with Crippen LogP contribution in [-0.2, 0) is 9.84 Å². The number of aromatic nitrogens is 1. The number of hydrogen-bond donors (Lipinski definition) is 2. The molecule has 0 bridgehead atoms. The van der Waals surface area contributed by atoms with Gasteiger partial charge in [0.1, 0.15) is 5.69 Å². The molecule has 2 aromatic carbocycles. The average molecular weight is 369 g/mol. The van der Waals surface area contributed by atoms with Crippen LogP contribution < -0.4 is 10.9 Å². The summed E-state index contributed by atoms with van der Waals surface area (Å²) in [6.45, 7) is 0. The fourth-order valence-electron chi connectivity index (χ4n) is 2.31. The number of amides is 2. The van der Waals surface area contributed by atoms with Gasteiger partial charge in [-0.1, -0.05) is 30.3 Å². The number of para-hydroxylation sites is 1. The van der Waals surface area contributed by atoms with Crippen LogP contribution in [0.1, 0.15) is 20.8 Å². The van der Waals surface area contributed by atoms with Gasteiger partial charge in [-0.2, -0.15) is 0 Å². The number of carbonyl (C=O) groups is 2. The minimum atomic E-state index is -3.43. The standard InChI is InChI=1S/C18H15N3O4S/c1-26(24,25)14-7-4-6-13(11-14)17(22)20-21-18(23)16-10-9-12-5-2-3-8-15(12)19-16/h2-11H,1H3,(H,20,22)(H,21,23). The van der Waals surface area contributed by atoms with Gasteiger partial charge >= 0.3 is 0 Å². The maximum Gasteiger partial charge on any atom is 0.288 e. The maximum absolute atomic E-state index is 12.2. The van der Waals surface area contributed by atoms with Gasteiger partial charge in [0.15, 0.2) is 9.84 Å². The molecule has 0 fully saturated rings. The minimum absolute atomic E-state index is 0.0210. The van der Waals surface area contributed by atoms with Gasteiger partial charge in [0.2, 0.25) is 0 Å². The Morgan fingerprint density at radius 2 is 1.62 bits per heavy atom. The molecule has 0 aliphatic carbocycles. The first-order valence-corrected chi connectivity index (χ1v) is 9.50. The number of carbonyl (C=O) groups excluding carboxylic acids is 2. The summed E-state index contributed by atoms with van der Waals surface area (Å²) < 4.78 is 23.1. The van der Waals surface area contributed by atoms with E-state index in [2.05, 4.69) is 15.8 Å². The minimum Gasteiger partial charge on any atom is -0.267 e. The van der Waals surface area contributed by atoms with E-state index in [-0.39, 0.29) is 16.2 Å². The fraction of sp³-hybridized carbons (Fsp3) is 0.0556. The lowest BCUT2D eigenvalue weighted by Crippen LogP contribution is -2.42. The zero-order valence-electron chi connectivity index (χ0n) is 13.8. The fourth-order valence-corrected chi connectivity index (χ4v) is 2.98. The van der Waals surface area contributed by atoms with Crippen molar-refractivity contribution < 1.29 is 18.0 Å². The monoisotopic (exact) mass is 369 g/mol. The summed E-state index contributed by atoms with van der Waals surface area (Å²) in [5.41, 5.74) is 5.44. The van der Waals surface area contributed by atoms with Crippen LogP contribution >= 0.6 is 0 Å². The highest BCUT2D eigenvalue weighted by Gasteiger charge is 2.13. The summed E-state index contributed by atoms with van der Waals surface area (Å²) in [6.07, 6.45) is 1.05. The second kappa shape index (κ2) is 6.93. The molecule has 0 aliphatic heterocycles. The van der Waals surface area contributed by atoms with E-state index in [9.17, 15) is 18.0 Å². The van der Waals surface area contributed by atoms with Crippen molar-refractivity contribution in [3.63, 3.8) is 0 Å². The molecular formula is C18H15N3O4S. The molecule has 2 N–H and O–H groups in total. The van der Waals surface area contributed by atoms with Crippen LogP contribution in [0, 0.1) is 0 Å². The molecule has 26 heavy (non-hydrogen) atoms. The molecule has 7 nitrogen and oxygen atoms in total. The van der Waals surface area contributed by atoms with Crippen molar-refractivity contribution in [2.45, 2.75) is 4.90 Å². The van der Waals surface area contributed by atoms with Crippen LogP contribution in [0.2, 0.25) is 0 Å². The van der Waals surface area contributed by atoms with Gasteiger partial charge < -0.3 is 0 Å². The highest BCUT2D eigenvalue weighted by Crippen LogP contribution is 2.12. The van der Waals surface area contributed by atoms with Crippen LogP contribution in [0.3, 0.4) is 0 Å². The highest BCUT2D eigenvalue weighted by molar-refractivity contribution is 7.90. The summed E-state index contributed by atoms with van der Waals surface area (Å²) in [5, 5.41) is 0.894. The van der Waals surface area contributed by atoms with E-state index in [1.807, 2.05) is 18.2 Å². The third-order valence-corrected chi connectivity index (χ3v) is 4.76. The van der Waals surface area contributed by atoms with Crippen LogP contribution in [-0.4, -0.2) is 31.5 Å². The van der Waals surface area contributed by atoms with Gasteiger partial charge in [-0.15, -0.1) is 0 Å². The summed E-state index contributed by atoms with van der Waals surface area (Å²) in [4.78, 5) is 28.5. The lowest BCUT2D eigenvalue weighted by atomic mass is 10.2. The van der Waals surface area contributed by atoms with Gasteiger partial charge in [0.25, 0.3) is 11.8 Å². The van der Waals surface area contributed by atoms with Crippen molar-refractivity contribution in [2.75, 3.05) is 6.26 Å². The molecule has 0 atom stereocenters. The number of nitrogens with zero attached hydrogens (tertiary/aromatic N) is 1. The number of hydrazine groups is 1. The van der Waals surface area contributed by atoms with Crippen molar-refractivity contribution in [1.29, 1.82) is 0 Å². The predicted octanol–water partition coefficient (Wildman–Crippen LogP) is 1.71. The molecule has 0 spiro atoms. The molecule has 2 amide bonds. The van der Waals surface area contributed by atoms with E-state index in [1.54, 1.807) is 18.2 Å². The Bertz CT molecular complexity index is 1110. The van der Waals surface area contributed by atoms with Crippen molar-refractivity contribution >= 4 is 32.6 Å². The molecule has 1 aromatic heterocycles. The van der Waals surface area contributed by atoms with E-state index in [1.165, 1.54) is 24.3 Å². The number of fused-ring (bicyclic) bond motifs is 1. The molecule has 0 radical (unpaired) electrons. The zero-order valence-corrected chi connectivity index (χ0v) is 14.6. The van der Waals surface area contributed by atoms with Gasteiger partial charge in [0, 0.05) is 17.2 Å². The molecule has 3 rings (SSSR count). The first-order valence-electron chi connectivity index (χ1n) is 7.61. The Morgan fingerprint density at radius 1 is 0.885 bits per heavy atom. The molecule has 1 heterocycles. The van der Waals surface area contributed by atoms with Crippen LogP contribution in [0.4, 0.5) is 0 Å². The van der Waals surface area contributed by atoms with E-state index >= 15 is 0 Å². The Kier molecular flexibility index (Phi) is 4.68. The van der Waals surface area contributed by atoms with Crippen molar-refractivity contribution in [3.8, 4) is 0 Å². The van der Waals surface area contributed by atoms with Crippen molar-refractivity contribution in [3.05, 3.63) is 71.9 Å². The molecule has 0 unspecified atom stereocenters. The van der Waals surface area contributed by atoms with Gasteiger partial charge in [0.05, 0.1) is 10.4 Å². The quantitative estimate of drug-likeness (QED) is 0.684. The number of sulfone groups is 1. The molecule has 0 saturated carbocycles. The van der Waals surface area contributed by atoms with Gasteiger partial charge in [-0.05, 0) is 30.3 Å². The smallest absolute Gasteiger partial charge is 0.267 e. The summed E-state index contributed by atoms with van der Waals surface area (Å²) in [7, 11) is -3.43. The van der Waals surface area contributed by atoms with E-state index in [4.69, 9.17) is 0 Å². The Hall–Kier alpha value is -3.26. The maximum atomic E-state index is 12.2. The van der Waals surface area contributed by atoms with E-state index in [0.717, 1.165) is 11.6 Å². The summed E-state index contributed by atoms with van der Waals surface area (Å²) >= 11 is 0. The van der Waals surface area contributed by atoms with E-state index < -0.39 is 21.7 Å². The lowest BCUT2D eigenvalue weighted by molar-refractivity contribution is 0.0844. The SMILES string of the molecule is CS(=O)(=O)c1cccc(C(=O)NNC(=O)c2ccc3ccccc3n2)c1.